The molecule has 0 fully saturated rings. The first-order chi connectivity index (χ1) is 18.2. The Hall–Kier alpha value is -4.30. The third-order valence-corrected chi connectivity index (χ3v) is 5.68. The largest absolute Gasteiger partial charge is 0.454 e. The fourth-order valence-electron chi connectivity index (χ4n) is 3.39. The van der Waals surface area contributed by atoms with Crippen molar-refractivity contribution in [3.8, 4) is 0 Å². The molecule has 38 heavy (non-hydrogen) atoms. The zero-order valence-corrected chi connectivity index (χ0v) is 21.4. The number of hydrogen-bond donors (Lipinski definition) is 1. The summed E-state index contributed by atoms with van der Waals surface area (Å²) in [7, 11) is 0. The lowest BCUT2D eigenvalue weighted by atomic mass is 10.1. The van der Waals surface area contributed by atoms with Gasteiger partial charge in [0.2, 0.25) is 11.7 Å². The van der Waals surface area contributed by atoms with Gasteiger partial charge < -0.3 is 14.8 Å². The molecule has 0 aromatic heterocycles. The van der Waals surface area contributed by atoms with Gasteiger partial charge in [-0.1, -0.05) is 41.9 Å². The summed E-state index contributed by atoms with van der Waals surface area (Å²) in [6.45, 7) is 1.11. The van der Waals surface area contributed by atoms with Crippen LogP contribution in [0.15, 0.2) is 78.9 Å². The van der Waals surface area contributed by atoms with Crippen molar-refractivity contribution in [2.24, 2.45) is 0 Å². The van der Waals surface area contributed by atoms with Gasteiger partial charge in [0, 0.05) is 34.7 Å². The van der Waals surface area contributed by atoms with E-state index in [1.54, 1.807) is 54.6 Å². The fraction of sp³-hybridized carbons (Fsp3) is 0.207. The van der Waals surface area contributed by atoms with E-state index in [-0.39, 0.29) is 48.9 Å². The molecule has 9 heteroatoms. The molecule has 0 aliphatic rings. The molecule has 8 nitrogen and oxygen atoms in total. The highest BCUT2D eigenvalue weighted by Crippen LogP contribution is 2.14. The van der Waals surface area contributed by atoms with Gasteiger partial charge in [-0.25, -0.2) is 4.79 Å². The predicted molar refractivity (Wildman–Crippen MR) is 141 cm³/mol. The molecule has 0 bridgehead atoms. The number of halogens is 1. The van der Waals surface area contributed by atoms with Crippen LogP contribution >= 0.6 is 11.6 Å². The smallest absolute Gasteiger partial charge is 0.338 e. The Morgan fingerprint density at radius 3 is 2.08 bits per heavy atom. The Kier molecular flexibility index (Phi) is 10.3. The van der Waals surface area contributed by atoms with E-state index in [9.17, 15) is 24.0 Å². The van der Waals surface area contributed by atoms with Crippen LogP contribution in [0.1, 0.15) is 57.3 Å². The highest BCUT2D eigenvalue weighted by Gasteiger charge is 2.19. The van der Waals surface area contributed by atoms with Crippen LogP contribution in [0.5, 0.6) is 0 Å². The monoisotopic (exact) mass is 535 g/mol. The summed E-state index contributed by atoms with van der Waals surface area (Å²) in [4.78, 5) is 60.9. The van der Waals surface area contributed by atoms with Crippen molar-refractivity contribution in [2.75, 3.05) is 11.9 Å². The maximum Gasteiger partial charge on any atom is 0.338 e. The number of anilines is 1. The summed E-state index contributed by atoms with van der Waals surface area (Å²) in [6, 6.07) is 20.8. The molecule has 0 radical (unpaired) electrons. The highest BCUT2D eigenvalue weighted by molar-refractivity contribution is 6.30. The maximum atomic E-state index is 12.3. The van der Waals surface area contributed by atoms with Gasteiger partial charge in [0.05, 0.1) is 5.56 Å². The number of carbonyl (C=O) groups is 5. The van der Waals surface area contributed by atoms with E-state index in [1.165, 1.54) is 31.2 Å². The molecule has 1 N–H and O–H groups in total. The van der Waals surface area contributed by atoms with Gasteiger partial charge in [0.15, 0.2) is 18.5 Å². The lowest BCUT2D eigenvalue weighted by molar-refractivity contribution is -0.146. The number of Topliss-reactive ketones (excluding diaryl/α,β-unsaturated/α-hetero) is 2. The first kappa shape index (κ1) is 28.3. The normalized spacial score (nSPS) is 11.2. The second-order valence-electron chi connectivity index (χ2n) is 8.35. The maximum absolute atomic E-state index is 12.3. The Morgan fingerprint density at radius 2 is 1.42 bits per heavy atom. The second kappa shape index (κ2) is 13.9. The molecule has 0 spiro atoms. The van der Waals surface area contributed by atoms with Crippen molar-refractivity contribution < 1.29 is 33.4 Å². The lowest BCUT2D eigenvalue weighted by Crippen LogP contribution is -2.24. The van der Waals surface area contributed by atoms with Gasteiger partial charge in [-0.2, -0.15) is 0 Å². The van der Waals surface area contributed by atoms with Crippen LogP contribution in [0.3, 0.4) is 0 Å². The van der Waals surface area contributed by atoms with Crippen LogP contribution in [0.4, 0.5) is 5.69 Å². The standard InChI is InChI=1S/C29H26ClNO7/c1-19(28(35)21-10-14-23(30)15-11-21)38-27(34)9-5-8-26(33)31-24-16-12-22(13-17-24)29(36)37-18-25(32)20-6-3-2-4-7-20/h2-4,6-7,10-17,19H,5,8-9,18H2,1H3,(H,31,33)/t19-/m1/s1. The van der Waals surface area contributed by atoms with Crippen LogP contribution in [0, 0.1) is 0 Å². The molecule has 3 aromatic carbocycles. The Labute approximate surface area is 224 Å². The quantitative estimate of drug-likeness (QED) is 0.247. The van der Waals surface area contributed by atoms with E-state index in [0.717, 1.165) is 0 Å². The Balaban J connectivity index is 1.37. The van der Waals surface area contributed by atoms with Crippen LogP contribution in [-0.2, 0) is 19.1 Å². The van der Waals surface area contributed by atoms with Gasteiger partial charge in [0.1, 0.15) is 0 Å². The van der Waals surface area contributed by atoms with E-state index in [1.807, 2.05) is 0 Å². The fourth-order valence-corrected chi connectivity index (χ4v) is 3.51. The lowest BCUT2D eigenvalue weighted by Gasteiger charge is -2.12. The van der Waals surface area contributed by atoms with Crippen LogP contribution in [0.2, 0.25) is 5.02 Å². The molecule has 0 saturated heterocycles. The molecule has 0 aliphatic carbocycles. The summed E-state index contributed by atoms with van der Waals surface area (Å²) in [5, 5.41) is 3.17. The van der Waals surface area contributed by atoms with Gasteiger partial charge in [-0.15, -0.1) is 0 Å². The number of benzene rings is 3. The average molecular weight is 536 g/mol. The molecule has 3 rings (SSSR count). The summed E-state index contributed by atoms with van der Waals surface area (Å²) in [6.07, 6.45) is -0.705. The third kappa shape index (κ3) is 8.67. The molecule has 0 heterocycles. The number of esters is 2. The number of ketones is 2. The number of rotatable bonds is 12. The zero-order chi connectivity index (χ0) is 27.5. The minimum Gasteiger partial charge on any atom is -0.454 e. The van der Waals surface area contributed by atoms with Crippen molar-refractivity contribution in [3.63, 3.8) is 0 Å². The number of amides is 1. The van der Waals surface area contributed by atoms with Crippen LogP contribution in [-0.4, -0.2) is 42.1 Å². The van der Waals surface area contributed by atoms with Gasteiger partial charge in [-0.05, 0) is 61.9 Å². The minimum atomic E-state index is -0.959. The predicted octanol–water partition coefficient (Wildman–Crippen LogP) is 5.30. The molecule has 0 saturated carbocycles. The van der Waals surface area contributed by atoms with Crippen molar-refractivity contribution in [3.05, 3.63) is 101 Å². The van der Waals surface area contributed by atoms with Crippen LogP contribution < -0.4 is 5.32 Å². The Bertz CT molecular complexity index is 1290. The van der Waals surface area contributed by atoms with E-state index in [4.69, 9.17) is 21.1 Å². The second-order valence-corrected chi connectivity index (χ2v) is 8.78. The van der Waals surface area contributed by atoms with Gasteiger partial charge >= 0.3 is 11.9 Å². The van der Waals surface area contributed by atoms with Gasteiger partial charge in [-0.3, -0.25) is 19.2 Å². The molecule has 196 valence electrons. The topological polar surface area (TPSA) is 116 Å². The zero-order valence-electron chi connectivity index (χ0n) is 20.6. The molecule has 1 atom stereocenters. The molecule has 0 unspecified atom stereocenters. The van der Waals surface area contributed by atoms with Crippen molar-refractivity contribution >= 4 is 46.7 Å². The molecule has 3 aromatic rings. The first-order valence-corrected chi connectivity index (χ1v) is 12.3. The summed E-state index contributed by atoms with van der Waals surface area (Å²) in [5.41, 5.74) is 1.52. The molecular formula is C29H26ClNO7. The molecule has 0 aliphatic heterocycles. The molecule has 1 amide bonds. The van der Waals surface area contributed by atoms with E-state index >= 15 is 0 Å². The highest BCUT2D eigenvalue weighted by atomic mass is 35.5. The Morgan fingerprint density at radius 1 is 0.789 bits per heavy atom. The van der Waals surface area contributed by atoms with Gasteiger partial charge in [0.25, 0.3) is 0 Å². The SMILES string of the molecule is C[C@@H](OC(=O)CCCC(=O)Nc1ccc(C(=O)OCC(=O)c2ccccc2)cc1)C(=O)c1ccc(Cl)cc1. The average Bonchev–Trinajstić information content (AvgIpc) is 2.92. The van der Waals surface area contributed by atoms with E-state index in [0.29, 0.717) is 21.8 Å². The van der Waals surface area contributed by atoms with Crippen molar-refractivity contribution in [1.29, 1.82) is 0 Å². The first-order valence-electron chi connectivity index (χ1n) is 11.9. The summed E-state index contributed by atoms with van der Waals surface area (Å²) >= 11 is 5.81. The van der Waals surface area contributed by atoms with Crippen LogP contribution in [0.25, 0.3) is 0 Å². The molecular weight excluding hydrogens is 510 g/mol. The number of hydrogen-bond acceptors (Lipinski definition) is 7. The third-order valence-electron chi connectivity index (χ3n) is 5.43. The number of carbonyl (C=O) groups excluding carboxylic acids is 5. The van der Waals surface area contributed by atoms with E-state index < -0.39 is 18.0 Å². The summed E-state index contributed by atoms with van der Waals surface area (Å²) < 4.78 is 10.2. The number of nitrogens with one attached hydrogen (secondary N) is 1. The van der Waals surface area contributed by atoms with Crippen molar-refractivity contribution in [1.82, 2.24) is 0 Å². The van der Waals surface area contributed by atoms with Crippen molar-refractivity contribution in [2.45, 2.75) is 32.3 Å². The van der Waals surface area contributed by atoms with E-state index in [2.05, 4.69) is 5.32 Å². The summed E-state index contributed by atoms with van der Waals surface area (Å²) in [5.74, 6) is -2.22. The number of ether oxygens (including phenoxy) is 2. The minimum absolute atomic E-state index is 0.0296.